The smallest absolute Gasteiger partial charge is 0.254 e. The number of hydrogen-bond acceptors (Lipinski definition) is 1. The molecule has 2 rings (SSSR count). The summed E-state index contributed by atoms with van der Waals surface area (Å²) in [5.41, 5.74) is -0.780. The average molecular weight is 302 g/mol. The molecular weight excluding hydrogens is 284 g/mol. The van der Waals surface area contributed by atoms with Gasteiger partial charge < -0.3 is 5.32 Å². The molecule has 0 unspecified atom stereocenters. The van der Waals surface area contributed by atoms with Crippen molar-refractivity contribution < 1.29 is 13.6 Å². The van der Waals surface area contributed by atoms with Gasteiger partial charge in [-0.1, -0.05) is 13.0 Å². The number of halogens is 3. The lowest BCUT2D eigenvalue weighted by atomic mass is 9.78. The Morgan fingerprint density at radius 1 is 1.40 bits per heavy atom. The van der Waals surface area contributed by atoms with E-state index in [1.54, 1.807) is 0 Å². The average Bonchev–Trinajstić information content (AvgIpc) is 2.44. The van der Waals surface area contributed by atoms with Gasteiger partial charge in [-0.25, -0.2) is 8.78 Å². The molecule has 1 aliphatic carbocycles. The molecule has 0 heterocycles. The van der Waals surface area contributed by atoms with Gasteiger partial charge in [0, 0.05) is 5.88 Å². The van der Waals surface area contributed by atoms with E-state index >= 15 is 0 Å². The van der Waals surface area contributed by atoms with Crippen LogP contribution in [0, 0.1) is 17.6 Å². The Morgan fingerprint density at radius 3 is 2.65 bits per heavy atom. The lowest BCUT2D eigenvalue weighted by molar-refractivity contribution is 0.0867. The molecule has 0 aromatic heterocycles. The summed E-state index contributed by atoms with van der Waals surface area (Å²) in [6.07, 6.45) is 3.47. The second kappa shape index (κ2) is 6.08. The van der Waals surface area contributed by atoms with Gasteiger partial charge in [0.25, 0.3) is 5.91 Å². The molecule has 5 heteroatoms. The van der Waals surface area contributed by atoms with E-state index in [-0.39, 0.29) is 11.4 Å². The van der Waals surface area contributed by atoms with E-state index in [0.29, 0.717) is 5.92 Å². The van der Waals surface area contributed by atoms with Crippen molar-refractivity contribution in [2.75, 3.05) is 5.88 Å². The molecule has 0 spiro atoms. The number of amides is 1. The van der Waals surface area contributed by atoms with Crippen molar-refractivity contribution in [3.05, 3.63) is 35.4 Å². The Hall–Kier alpha value is -1.16. The summed E-state index contributed by atoms with van der Waals surface area (Å²) in [5.74, 6) is -1.84. The van der Waals surface area contributed by atoms with Crippen LogP contribution in [0.1, 0.15) is 43.0 Å². The zero-order valence-electron chi connectivity index (χ0n) is 11.4. The zero-order chi connectivity index (χ0) is 14.8. The second-order valence-electron chi connectivity index (χ2n) is 5.65. The highest BCUT2D eigenvalue weighted by Gasteiger charge is 2.35. The van der Waals surface area contributed by atoms with Crippen LogP contribution >= 0.6 is 11.6 Å². The third kappa shape index (κ3) is 3.11. The number of benzene rings is 1. The first kappa shape index (κ1) is 15.2. The number of nitrogens with one attached hydrogen (secondary N) is 1. The van der Waals surface area contributed by atoms with Gasteiger partial charge in [-0.2, -0.15) is 0 Å². The summed E-state index contributed by atoms with van der Waals surface area (Å²) in [5, 5.41) is 2.81. The highest BCUT2D eigenvalue weighted by Crippen LogP contribution is 2.33. The van der Waals surface area contributed by atoms with Crippen LogP contribution in [0.5, 0.6) is 0 Å². The molecule has 0 saturated heterocycles. The molecule has 1 fully saturated rings. The first-order chi connectivity index (χ1) is 9.47. The minimum Gasteiger partial charge on any atom is -0.345 e. The highest BCUT2D eigenvalue weighted by molar-refractivity contribution is 6.19. The van der Waals surface area contributed by atoms with Crippen molar-refractivity contribution >= 4 is 17.5 Å². The van der Waals surface area contributed by atoms with E-state index < -0.39 is 23.1 Å². The van der Waals surface area contributed by atoms with Crippen LogP contribution in [0.15, 0.2) is 18.2 Å². The largest absolute Gasteiger partial charge is 0.345 e. The molecule has 1 aliphatic rings. The number of alkyl halides is 1. The summed E-state index contributed by atoms with van der Waals surface area (Å²) >= 11 is 6.00. The number of carbonyl (C=O) groups is 1. The Balaban J connectivity index is 2.15. The van der Waals surface area contributed by atoms with Crippen LogP contribution in [-0.4, -0.2) is 17.3 Å². The molecule has 0 bridgehead atoms. The monoisotopic (exact) mass is 301 g/mol. The molecule has 1 N–H and O–H groups in total. The van der Waals surface area contributed by atoms with Crippen LogP contribution in [0.2, 0.25) is 0 Å². The predicted molar refractivity (Wildman–Crippen MR) is 74.9 cm³/mol. The molecule has 1 amide bonds. The van der Waals surface area contributed by atoms with Gasteiger partial charge in [0.1, 0.15) is 0 Å². The lowest BCUT2D eigenvalue weighted by Gasteiger charge is -2.38. The lowest BCUT2D eigenvalue weighted by Crippen LogP contribution is -2.52. The number of rotatable bonds is 3. The fourth-order valence-electron chi connectivity index (χ4n) is 2.59. The maximum atomic E-state index is 13.6. The second-order valence-corrected chi connectivity index (χ2v) is 5.92. The molecule has 2 nitrogen and oxygen atoms in total. The molecule has 1 aromatic carbocycles. The Labute approximate surface area is 122 Å². The van der Waals surface area contributed by atoms with Gasteiger partial charge in [0.05, 0.1) is 11.1 Å². The van der Waals surface area contributed by atoms with E-state index in [0.717, 1.165) is 31.7 Å². The van der Waals surface area contributed by atoms with Crippen LogP contribution in [0.3, 0.4) is 0 Å². The fraction of sp³-hybridized carbons (Fsp3) is 0.533. The van der Waals surface area contributed by atoms with Crippen LogP contribution in [-0.2, 0) is 0 Å². The Kier molecular flexibility index (Phi) is 4.63. The van der Waals surface area contributed by atoms with E-state index in [1.807, 2.05) is 0 Å². The van der Waals surface area contributed by atoms with Crippen molar-refractivity contribution in [2.24, 2.45) is 5.92 Å². The fourth-order valence-corrected chi connectivity index (χ4v) is 2.93. The van der Waals surface area contributed by atoms with Crippen LogP contribution in [0.25, 0.3) is 0 Å². The van der Waals surface area contributed by atoms with Gasteiger partial charge in [0.15, 0.2) is 11.6 Å². The molecule has 110 valence electrons. The zero-order valence-corrected chi connectivity index (χ0v) is 12.1. The standard InChI is InChI=1S/C15H18ClF2NO/c1-10-5-7-15(9-16,8-6-10)19-14(20)11-3-2-4-12(17)13(11)18/h2-4,10H,5-9H2,1H3,(H,19,20). The topological polar surface area (TPSA) is 29.1 Å². The van der Waals surface area contributed by atoms with Gasteiger partial charge in [-0.3, -0.25) is 4.79 Å². The SMILES string of the molecule is CC1CCC(CCl)(NC(=O)c2cccc(F)c2F)CC1. The molecule has 20 heavy (non-hydrogen) atoms. The van der Waals surface area contributed by atoms with E-state index in [4.69, 9.17) is 11.6 Å². The third-order valence-corrected chi connectivity index (χ3v) is 4.57. The Morgan fingerprint density at radius 2 is 2.05 bits per heavy atom. The van der Waals surface area contributed by atoms with E-state index in [9.17, 15) is 13.6 Å². The van der Waals surface area contributed by atoms with E-state index in [2.05, 4.69) is 12.2 Å². The first-order valence-corrected chi connectivity index (χ1v) is 7.33. The summed E-state index contributed by atoms with van der Waals surface area (Å²) in [6.45, 7) is 2.16. The summed E-state index contributed by atoms with van der Waals surface area (Å²) in [4.78, 5) is 12.2. The molecule has 1 saturated carbocycles. The molecule has 0 radical (unpaired) electrons. The molecule has 0 aliphatic heterocycles. The van der Waals surface area contributed by atoms with Gasteiger partial charge in [-0.05, 0) is 43.7 Å². The van der Waals surface area contributed by atoms with Crippen molar-refractivity contribution in [1.29, 1.82) is 0 Å². The quantitative estimate of drug-likeness (QED) is 0.843. The minimum atomic E-state index is -1.11. The number of hydrogen-bond donors (Lipinski definition) is 1. The maximum absolute atomic E-state index is 13.6. The molecular formula is C15H18ClF2NO. The first-order valence-electron chi connectivity index (χ1n) is 6.80. The van der Waals surface area contributed by atoms with Gasteiger partial charge in [0.2, 0.25) is 0 Å². The maximum Gasteiger partial charge on any atom is 0.254 e. The summed E-state index contributed by atoms with van der Waals surface area (Å²) in [6, 6.07) is 3.59. The summed E-state index contributed by atoms with van der Waals surface area (Å²) in [7, 11) is 0. The van der Waals surface area contributed by atoms with Crippen LogP contribution in [0.4, 0.5) is 8.78 Å². The van der Waals surface area contributed by atoms with Crippen molar-refractivity contribution in [1.82, 2.24) is 5.32 Å². The third-order valence-electron chi connectivity index (χ3n) is 4.06. The Bertz CT molecular complexity index is 499. The van der Waals surface area contributed by atoms with E-state index in [1.165, 1.54) is 12.1 Å². The van der Waals surface area contributed by atoms with Gasteiger partial charge in [-0.15, -0.1) is 11.6 Å². The molecule has 1 aromatic rings. The predicted octanol–water partition coefficient (Wildman–Crippen LogP) is 3.88. The van der Waals surface area contributed by atoms with Crippen LogP contribution < -0.4 is 5.32 Å². The van der Waals surface area contributed by atoms with Crippen molar-refractivity contribution in [3.8, 4) is 0 Å². The number of carbonyl (C=O) groups excluding carboxylic acids is 1. The molecule has 0 atom stereocenters. The van der Waals surface area contributed by atoms with Crippen molar-refractivity contribution in [2.45, 2.75) is 38.1 Å². The normalized spacial score (nSPS) is 26.3. The highest BCUT2D eigenvalue weighted by atomic mass is 35.5. The minimum absolute atomic E-state index is 0.270. The van der Waals surface area contributed by atoms with Gasteiger partial charge >= 0.3 is 0 Å². The van der Waals surface area contributed by atoms with Crippen molar-refractivity contribution in [3.63, 3.8) is 0 Å². The summed E-state index contributed by atoms with van der Waals surface area (Å²) < 4.78 is 26.8.